The highest BCUT2D eigenvalue weighted by molar-refractivity contribution is 5.86. The maximum atomic E-state index is 10.5. The summed E-state index contributed by atoms with van der Waals surface area (Å²) in [5, 5.41) is 8.63. The summed E-state index contributed by atoms with van der Waals surface area (Å²) >= 11 is 0. The minimum absolute atomic E-state index is 0.162. The molecular formula is C14H13NO3. The molecule has 0 saturated heterocycles. The topological polar surface area (TPSA) is 62.7 Å². The van der Waals surface area contributed by atoms with Gasteiger partial charge < -0.3 is 9.84 Å². The summed E-state index contributed by atoms with van der Waals surface area (Å²) < 4.78 is 4.94. The number of aromatic nitrogens is 1. The number of nitrogens with zero attached hydrogens (tertiary/aromatic N) is 1. The van der Waals surface area contributed by atoms with Crippen LogP contribution in [0.5, 0.6) is 11.5 Å². The van der Waals surface area contributed by atoms with Gasteiger partial charge in [-0.15, -0.1) is 0 Å². The minimum atomic E-state index is -0.956. The lowest BCUT2D eigenvalue weighted by Crippen LogP contribution is -2.04. The van der Waals surface area contributed by atoms with Gasteiger partial charge in [-0.05, 0) is 30.2 Å². The number of fused-ring (bicyclic) bond motifs is 1. The molecular weight excluding hydrogens is 230 g/mol. The van der Waals surface area contributed by atoms with Gasteiger partial charge in [-0.25, -0.2) is 9.78 Å². The molecule has 0 amide bonds. The third-order valence-corrected chi connectivity index (χ3v) is 2.50. The van der Waals surface area contributed by atoms with Crippen LogP contribution in [0.15, 0.2) is 42.6 Å². The fourth-order valence-corrected chi connectivity index (χ4v) is 1.53. The number of benzene rings is 1. The zero-order valence-electron chi connectivity index (χ0n) is 9.96. The van der Waals surface area contributed by atoms with Crippen molar-refractivity contribution in [2.24, 2.45) is 0 Å². The van der Waals surface area contributed by atoms with Gasteiger partial charge in [0.25, 0.3) is 0 Å². The average molecular weight is 243 g/mol. The Morgan fingerprint density at radius 1 is 1.22 bits per heavy atom. The highest BCUT2D eigenvalue weighted by Gasteiger charge is 2.15. The molecule has 0 aliphatic carbocycles. The molecule has 3 rings (SSSR count). The molecule has 0 atom stereocenters. The van der Waals surface area contributed by atoms with Crippen molar-refractivity contribution >= 4 is 5.97 Å². The van der Waals surface area contributed by atoms with Crippen molar-refractivity contribution in [3.63, 3.8) is 0 Å². The van der Waals surface area contributed by atoms with Crippen molar-refractivity contribution < 1.29 is 14.6 Å². The first-order chi connectivity index (χ1) is 8.72. The fraction of sp³-hybridized carbons (Fsp3) is 0.143. The summed E-state index contributed by atoms with van der Waals surface area (Å²) in [6.45, 7) is 1.91. The molecule has 2 aromatic rings. The minimum Gasteiger partial charge on any atom is -0.477 e. The predicted molar refractivity (Wildman–Crippen MR) is 67.1 cm³/mol. The first kappa shape index (κ1) is 12.1. The molecule has 0 unspecified atom stereocenters. The Balaban J connectivity index is 0.000000146. The molecule has 1 aromatic heterocycles. The van der Waals surface area contributed by atoms with E-state index in [0.29, 0.717) is 6.42 Å². The van der Waals surface area contributed by atoms with Gasteiger partial charge in [0.05, 0.1) is 0 Å². The molecule has 1 aliphatic rings. The van der Waals surface area contributed by atoms with Gasteiger partial charge in [0.2, 0.25) is 0 Å². The molecule has 0 saturated carbocycles. The molecule has 1 aromatic carbocycles. The molecule has 4 heteroatoms. The zero-order valence-corrected chi connectivity index (χ0v) is 9.96. The second kappa shape index (κ2) is 5.31. The molecule has 4 nitrogen and oxygen atoms in total. The van der Waals surface area contributed by atoms with E-state index in [2.05, 4.69) is 4.98 Å². The first-order valence-corrected chi connectivity index (χ1v) is 5.66. The largest absolute Gasteiger partial charge is 0.477 e. The van der Waals surface area contributed by atoms with E-state index in [-0.39, 0.29) is 5.69 Å². The Labute approximate surface area is 105 Å². The van der Waals surface area contributed by atoms with Gasteiger partial charge in [-0.3, -0.25) is 0 Å². The molecule has 1 aliphatic heterocycles. The van der Waals surface area contributed by atoms with Gasteiger partial charge in [0, 0.05) is 6.20 Å². The maximum absolute atomic E-state index is 10.5. The number of carboxylic acid groups (broad SMARTS) is 1. The normalized spacial score (nSPS) is 10.5. The van der Waals surface area contributed by atoms with Crippen molar-refractivity contribution in [1.82, 2.24) is 4.98 Å². The Morgan fingerprint density at radius 3 is 2.33 bits per heavy atom. The van der Waals surface area contributed by atoms with Crippen molar-refractivity contribution in [3.05, 3.63) is 53.9 Å². The molecule has 0 radical (unpaired) electrons. The van der Waals surface area contributed by atoms with Crippen molar-refractivity contribution in [1.29, 1.82) is 0 Å². The first-order valence-electron chi connectivity index (χ1n) is 5.66. The molecule has 92 valence electrons. The average Bonchev–Trinajstić information content (AvgIpc) is 3.18. The molecule has 0 fully saturated rings. The molecule has 0 spiro atoms. The monoisotopic (exact) mass is 243 g/mol. The Morgan fingerprint density at radius 2 is 1.89 bits per heavy atom. The van der Waals surface area contributed by atoms with Crippen molar-refractivity contribution in [2.75, 3.05) is 0 Å². The molecule has 0 bridgehead atoms. The van der Waals surface area contributed by atoms with Gasteiger partial charge >= 0.3 is 5.97 Å². The van der Waals surface area contributed by atoms with Crippen LogP contribution in [0.25, 0.3) is 0 Å². The van der Waals surface area contributed by atoms with Crippen LogP contribution in [0.2, 0.25) is 0 Å². The fourth-order valence-electron chi connectivity index (χ4n) is 1.53. The maximum Gasteiger partial charge on any atom is 0.354 e. The molecule has 2 heterocycles. The summed E-state index contributed by atoms with van der Waals surface area (Å²) in [5.41, 5.74) is 0.940. The van der Waals surface area contributed by atoms with Crippen LogP contribution in [-0.4, -0.2) is 16.1 Å². The highest BCUT2D eigenvalue weighted by Crippen LogP contribution is 2.43. The van der Waals surface area contributed by atoms with Crippen LogP contribution < -0.4 is 4.74 Å². The number of carboxylic acids is 1. The van der Waals surface area contributed by atoms with Crippen molar-refractivity contribution in [3.8, 4) is 11.5 Å². The number of para-hydroxylation sites is 2. The number of pyridine rings is 1. The van der Waals surface area contributed by atoms with Crippen molar-refractivity contribution in [2.45, 2.75) is 13.3 Å². The third kappa shape index (κ3) is 2.85. The summed E-state index contributed by atoms with van der Waals surface area (Å²) in [4.78, 5) is 14.3. The number of aryl methyl sites for hydroxylation is 1. The smallest absolute Gasteiger partial charge is 0.354 e. The zero-order chi connectivity index (χ0) is 13.0. The van der Waals surface area contributed by atoms with Crippen LogP contribution in [-0.2, 0) is 6.42 Å². The van der Waals surface area contributed by atoms with Crippen LogP contribution in [0.1, 0.15) is 23.0 Å². The number of hydrogen-bond acceptors (Lipinski definition) is 3. The van der Waals surface area contributed by atoms with E-state index in [0.717, 1.165) is 17.1 Å². The predicted octanol–water partition coefficient (Wildman–Crippen LogP) is 3.13. The number of aromatic carboxylic acids is 1. The van der Waals surface area contributed by atoms with Gasteiger partial charge in [0.1, 0.15) is 0 Å². The van der Waals surface area contributed by atoms with Crippen LogP contribution in [0.4, 0.5) is 0 Å². The number of hydrogen-bond donors (Lipinski definition) is 1. The van der Waals surface area contributed by atoms with Crippen LogP contribution in [0.3, 0.4) is 0 Å². The van der Waals surface area contributed by atoms with Gasteiger partial charge in [0.15, 0.2) is 17.2 Å². The molecule has 18 heavy (non-hydrogen) atoms. The van der Waals surface area contributed by atoms with E-state index < -0.39 is 5.97 Å². The summed E-state index contributed by atoms with van der Waals surface area (Å²) in [6, 6.07) is 11.4. The lowest BCUT2D eigenvalue weighted by molar-refractivity contribution is 0.0689. The lowest BCUT2D eigenvalue weighted by atomic mass is 10.1. The van der Waals surface area contributed by atoms with Gasteiger partial charge in [-0.2, -0.15) is 0 Å². The van der Waals surface area contributed by atoms with Crippen LogP contribution >= 0.6 is 0 Å². The highest BCUT2D eigenvalue weighted by atomic mass is 16.6. The number of rotatable bonds is 2. The second-order valence-electron chi connectivity index (χ2n) is 3.72. The van der Waals surface area contributed by atoms with Gasteiger partial charge in [-0.1, -0.05) is 25.1 Å². The quantitative estimate of drug-likeness (QED) is 0.702. The van der Waals surface area contributed by atoms with E-state index in [9.17, 15) is 4.79 Å². The van der Waals surface area contributed by atoms with E-state index in [1.165, 1.54) is 6.20 Å². The third-order valence-electron chi connectivity index (χ3n) is 2.50. The number of carbonyl (C=O) groups is 1. The molecule has 1 N–H and O–H groups in total. The SMILES string of the molecule is CCc1cccnc1C(=O)O.c1ccc2c(c1)O2. The Bertz CT molecular complexity index is 545. The standard InChI is InChI=1S/C8H9NO2.C6H4O/c1-2-6-4-3-5-9-7(6)8(10)11;1-2-4-6-5(3-1)7-6/h3-5H,2H2,1H3,(H,10,11);1-4H. The van der Waals surface area contributed by atoms with E-state index in [4.69, 9.17) is 9.84 Å². The Hall–Kier alpha value is -2.36. The Kier molecular flexibility index (Phi) is 3.57. The van der Waals surface area contributed by atoms with E-state index in [1.54, 1.807) is 12.1 Å². The van der Waals surface area contributed by atoms with E-state index >= 15 is 0 Å². The number of ether oxygens (including phenoxy) is 1. The summed E-state index contributed by atoms with van der Waals surface area (Å²) in [6.07, 6.45) is 2.19. The lowest BCUT2D eigenvalue weighted by Gasteiger charge is -1.99. The summed E-state index contributed by atoms with van der Waals surface area (Å²) in [7, 11) is 0. The summed E-state index contributed by atoms with van der Waals surface area (Å²) in [5.74, 6) is 1.10. The van der Waals surface area contributed by atoms with E-state index in [1.807, 2.05) is 31.2 Å². The second-order valence-corrected chi connectivity index (χ2v) is 3.72. The van der Waals surface area contributed by atoms with Crippen LogP contribution in [0, 0.1) is 0 Å².